The van der Waals surface area contributed by atoms with E-state index in [1.807, 2.05) is 0 Å². The molecule has 0 aromatic heterocycles. The molecule has 3 aliphatic carbocycles. The van der Waals surface area contributed by atoms with Gasteiger partial charge in [-0.1, -0.05) is 78.0 Å². The van der Waals surface area contributed by atoms with Gasteiger partial charge in [-0.2, -0.15) is 0 Å². The second kappa shape index (κ2) is 8.18. The summed E-state index contributed by atoms with van der Waals surface area (Å²) in [5, 5.41) is 0. The third kappa shape index (κ3) is 3.22. The molecule has 3 saturated carbocycles. The topological polar surface area (TPSA) is 61.8 Å². The normalized spacial score (nSPS) is 41.5. The highest BCUT2D eigenvalue weighted by molar-refractivity contribution is 14.1. The first-order valence-corrected chi connectivity index (χ1v) is 16.2. The summed E-state index contributed by atoms with van der Waals surface area (Å²) >= 11 is 2.54. The largest absolute Gasteiger partial charge is 0.469 e. The van der Waals surface area contributed by atoms with Crippen LogP contribution in [0.2, 0.25) is 16.6 Å². The third-order valence-electron chi connectivity index (χ3n) is 10.1. The minimum absolute atomic E-state index is 0.110. The molecule has 0 N–H and O–H groups in total. The monoisotopic (exact) mass is 590 g/mol. The van der Waals surface area contributed by atoms with Gasteiger partial charge in [-0.3, -0.25) is 9.59 Å². The van der Waals surface area contributed by atoms with Crippen molar-refractivity contribution in [1.29, 1.82) is 0 Å². The second-order valence-electron chi connectivity index (χ2n) is 12.9. The number of hydrogen-bond acceptors (Lipinski definition) is 5. The average molecular weight is 591 g/mol. The molecule has 5 nitrogen and oxygen atoms in total. The zero-order chi connectivity index (χ0) is 24.7. The van der Waals surface area contributed by atoms with Gasteiger partial charge in [-0.05, 0) is 46.7 Å². The van der Waals surface area contributed by atoms with Crippen LogP contribution in [0.5, 0.6) is 0 Å². The van der Waals surface area contributed by atoms with E-state index in [-0.39, 0.29) is 46.6 Å². The van der Waals surface area contributed by atoms with Gasteiger partial charge in [0.15, 0.2) is 0 Å². The molecule has 0 amide bonds. The summed E-state index contributed by atoms with van der Waals surface area (Å²) in [7, 11) is -0.768. The Balaban J connectivity index is 1.91. The van der Waals surface area contributed by atoms with Gasteiger partial charge >= 0.3 is 11.9 Å². The molecule has 0 radical (unpaired) electrons. The van der Waals surface area contributed by atoms with Crippen LogP contribution in [0.15, 0.2) is 0 Å². The fraction of sp³-hybridized carbons (Fsp3) is 0.923. The van der Waals surface area contributed by atoms with Gasteiger partial charge in [0.05, 0.1) is 25.6 Å². The van der Waals surface area contributed by atoms with E-state index in [4.69, 9.17) is 13.9 Å². The number of carbonyl (C=O) groups is 2. The quantitative estimate of drug-likeness (QED) is 0.158. The van der Waals surface area contributed by atoms with Gasteiger partial charge in [-0.15, -0.1) is 0 Å². The Bertz CT molecular complexity index is 804. The number of esters is 2. The Morgan fingerprint density at radius 1 is 1.09 bits per heavy atom. The van der Waals surface area contributed by atoms with E-state index < -0.39 is 13.9 Å². The van der Waals surface area contributed by atoms with E-state index in [9.17, 15) is 9.59 Å². The van der Waals surface area contributed by atoms with E-state index >= 15 is 0 Å². The summed E-state index contributed by atoms with van der Waals surface area (Å²) in [6, 6.07) is 0. The summed E-state index contributed by atoms with van der Waals surface area (Å²) < 4.78 is 19.8. The van der Waals surface area contributed by atoms with Crippen molar-refractivity contribution in [3.05, 3.63) is 0 Å². The number of rotatable bonds is 6. The molecule has 1 spiro atoms. The Morgan fingerprint density at radius 2 is 1.67 bits per heavy atom. The molecule has 0 aromatic rings. The molecule has 4 aliphatic rings. The maximum Gasteiger partial charge on any atom is 0.309 e. The molecule has 7 atom stereocenters. The van der Waals surface area contributed by atoms with E-state index in [1.165, 1.54) is 7.11 Å². The van der Waals surface area contributed by atoms with Crippen molar-refractivity contribution in [1.82, 2.24) is 0 Å². The van der Waals surface area contributed by atoms with E-state index in [1.54, 1.807) is 0 Å². The maximum absolute atomic E-state index is 13.2. The van der Waals surface area contributed by atoms with Crippen molar-refractivity contribution in [3.8, 4) is 0 Å². The van der Waals surface area contributed by atoms with Crippen LogP contribution < -0.4 is 0 Å². The van der Waals surface area contributed by atoms with Gasteiger partial charge < -0.3 is 13.9 Å². The van der Waals surface area contributed by atoms with Gasteiger partial charge in [0, 0.05) is 15.8 Å². The van der Waals surface area contributed by atoms with E-state index in [0.717, 1.165) is 12.8 Å². The Kier molecular flexibility index (Phi) is 6.43. The predicted molar refractivity (Wildman–Crippen MR) is 140 cm³/mol. The maximum atomic E-state index is 13.2. The molecule has 0 unspecified atom stereocenters. The minimum atomic E-state index is -2.26. The van der Waals surface area contributed by atoms with Crippen molar-refractivity contribution >= 4 is 42.8 Å². The first-order valence-electron chi connectivity index (χ1n) is 12.8. The Hall–Kier alpha value is -0.153. The standard InChI is InChI=1S/C26H43IO5Si/c1-14(2)33(15(3)4,16(5)6)32-23-24(7,8)13-25-18-10-20(27)19(25)11-21(28)31-26(23,25)12-17(18)22(29)30-9/h14-20,23H,10-13H2,1-9H3/t17-,18-,19-,20+,23+,25+,26-/m0/s1. The summed E-state index contributed by atoms with van der Waals surface area (Å²) in [5.74, 6) is -0.0580. The van der Waals surface area contributed by atoms with Crippen molar-refractivity contribution in [2.75, 3.05) is 7.11 Å². The number of methoxy groups -OCH3 is 1. The Morgan fingerprint density at radius 3 is 2.18 bits per heavy atom. The van der Waals surface area contributed by atoms with Crippen LogP contribution in [0.1, 0.15) is 81.1 Å². The molecular weight excluding hydrogens is 547 g/mol. The zero-order valence-corrected chi connectivity index (χ0v) is 25.0. The molecule has 4 rings (SSSR count). The SMILES string of the molecule is COC(=O)[C@H]1C[C@@]23OC(=O)C[C@H]4[C@H](I)C[C@@H]1[C@]42CC(C)(C)[C@H]3O[Si](C(C)C)(C(C)C)C(C)C. The van der Waals surface area contributed by atoms with Gasteiger partial charge in [-0.25, -0.2) is 0 Å². The molecule has 0 bridgehead atoms. The summed E-state index contributed by atoms with van der Waals surface area (Å²) in [5.41, 5.74) is 0.226. The van der Waals surface area contributed by atoms with Gasteiger partial charge in [0.1, 0.15) is 5.60 Å². The van der Waals surface area contributed by atoms with Crippen LogP contribution in [-0.2, 0) is 23.5 Å². The Labute approximate surface area is 214 Å². The minimum Gasteiger partial charge on any atom is -0.469 e. The van der Waals surface area contributed by atoms with Crippen LogP contribution in [0.25, 0.3) is 0 Å². The van der Waals surface area contributed by atoms with Crippen molar-refractivity contribution in [2.24, 2.45) is 28.6 Å². The van der Waals surface area contributed by atoms with Crippen LogP contribution >= 0.6 is 22.6 Å². The molecule has 1 saturated heterocycles. The molecule has 1 aliphatic heterocycles. The number of ether oxygens (including phenoxy) is 2. The lowest BCUT2D eigenvalue weighted by Gasteiger charge is -2.53. The van der Waals surface area contributed by atoms with Crippen LogP contribution in [0.4, 0.5) is 0 Å². The molecule has 1 heterocycles. The average Bonchev–Trinajstić information content (AvgIpc) is 3.19. The van der Waals surface area contributed by atoms with E-state index in [0.29, 0.717) is 33.4 Å². The van der Waals surface area contributed by atoms with Crippen LogP contribution in [0.3, 0.4) is 0 Å². The first-order chi connectivity index (χ1) is 15.2. The predicted octanol–water partition coefficient (Wildman–Crippen LogP) is 6.28. The highest BCUT2D eigenvalue weighted by Gasteiger charge is 2.84. The third-order valence-corrected chi connectivity index (χ3v) is 17.6. The second-order valence-corrected chi connectivity index (χ2v) is 19.9. The highest BCUT2D eigenvalue weighted by Crippen LogP contribution is 2.78. The van der Waals surface area contributed by atoms with E-state index in [2.05, 4.69) is 78.0 Å². The van der Waals surface area contributed by atoms with Crippen molar-refractivity contribution in [2.45, 2.75) is 113 Å². The van der Waals surface area contributed by atoms with Crippen LogP contribution in [-0.4, -0.2) is 43.0 Å². The zero-order valence-electron chi connectivity index (χ0n) is 21.9. The number of carbonyl (C=O) groups excluding carboxylic acids is 2. The number of hydrogen-bond donors (Lipinski definition) is 0. The van der Waals surface area contributed by atoms with Crippen molar-refractivity contribution in [3.63, 3.8) is 0 Å². The van der Waals surface area contributed by atoms with Crippen LogP contribution in [0, 0.1) is 28.6 Å². The first kappa shape index (κ1) is 25.9. The number of halogens is 1. The lowest BCUT2D eigenvalue weighted by molar-refractivity contribution is -0.208. The lowest BCUT2D eigenvalue weighted by atomic mass is 9.63. The molecular formula is C26H43IO5Si. The fourth-order valence-electron chi connectivity index (χ4n) is 9.46. The van der Waals surface area contributed by atoms with Gasteiger partial charge in [0.2, 0.25) is 8.32 Å². The highest BCUT2D eigenvalue weighted by atomic mass is 127. The fourth-order valence-corrected chi connectivity index (χ4v) is 16.6. The molecule has 4 fully saturated rings. The molecule has 0 aromatic carbocycles. The smallest absolute Gasteiger partial charge is 0.309 e. The number of alkyl halides is 1. The van der Waals surface area contributed by atoms with Gasteiger partial charge in [0.25, 0.3) is 0 Å². The summed E-state index contributed by atoms with van der Waals surface area (Å²) in [6.07, 6.45) is 2.70. The molecule has 188 valence electrons. The summed E-state index contributed by atoms with van der Waals surface area (Å²) in [6.45, 7) is 18.5. The van der Waals surface area contributed by atoms with Crippen molar-refractivity contribution < 1.29 is 23.5 Å². The molecule has 33 heavy (non-hydrogen) atoms. The molecule has 7 heteroatoms. The lowest BCUT2D eigenvalue weighted by Crippen LogP contribution is -2.63. The summed E-state index contributed by atoms with van der Waals surface area (Å²) in [4.78, 5) is 26.2.